The molecule has 1 amide bonds. The maximum absolute atomic E-state index is 12.9. The maximum atomic E-state index is 12.9. The van der Waals surface area contributed by atoms with E-state index in [4.69, 9.17) is 5.11 Å². The van der Waals surface area contributed by atoms with Gasteiger partial charge in [0.05, 0.1) is 4.90 Å². The van der Waals surface area contributed by atoms with Crippen LogP contribution in [0.3, 0.4) is 0 Å². The Morgan fingerprint density at radius 2 is 1.88 bits per heavy atom. The first-order valence-electron chi connectivity index (χ1n) is 8.42. The van der Waals surface area contributed by atoms with E-state index in [-0.39, 0.29) is 16.9 Å². The van der Waals surface area contributed by atoms with E-state index in [2.05, 4.69) is 5.32 Å². The molecule has 7 nitrogen and oxygen atoms in total. The van der Waals surface area contributed by atoms with Crippen molar-refractivity contribution in [2.24, 2.45) is 0 Å². The number of carboxylic acid groups (broad SMARTS) is 1. The van der Waals surface area contributed by atoms with Gasteiger partial charge in [-0.1, -0.05) is 19.4 Å². The van der Waals surface area contributed by atoms with Gasteiger partial charge in [0, 0.05) is 18.7 Å². The predicted molar refractivity (Wildman–Crippen MR) is 93.0 cm³/mol. The summed E-state index contributed by atoms with van der Waals surface area (Å²) in [5, 5.41) is 11.5. The number of hydrogen-bond donors (Lipinski definition) is 2. The van der Waals surface area contributed by atoms with Crippen LogP contribution in [0.25, 0.3) is 0 Å². The summed E-state index contributed by atoms with van der Waals surface area (Å²) < 4.78 is 27.2. The number of piperidine rings is 1. The Labute approximate surface area is 148 Å². The van der Waals surface area contributed by atoms with Gasteiger partial charge in [-0.3, -0.25) is 4.79 Å². The minimum atomic E-state index is -3.66. The number of carbonyl (C=O) groups is 2. The Kier molecular flexibility index (Phi) is 6.18. The molecular weight excluding hydrogens is 344 g/mol. The standard InChI is InChI=1S/C17H24N2O5S/c1-3-14(17(21)22)18-16(20)13-8-7-12(2)15(11-13)25(23,24)19-9-5-4-6-10-19/h7-8,11,14H,3-6,9-10H2,1-2H3,(H,18,20)(H,21,22). The van der Waals surface area contributed by atoms with Crippen LogP contribution in [0.5, 0.6) is 0 Å². The summed E-state index contributed by atoms with van der Waals surface area (Å²) in [5.74, 6) is -1.71. The van der Waals surface area contributed by atoms with Crippen molar-refractivity contribution in [1.82, 2.24) is 9.62 Å². The Morgan fingerprint density at radius 3 is 2.44 bits per heavy atom. The third-order valence-corrected chi connectivity index (χ3v) is 6.44. The van der Waals surface area contributed by atoms with Crippen LogP contribution < -0.4 is 5.32 Å². The molecular formula is C17H24N2O5S. The first-order valence-corrected chi connectivity index (χ1v) is 9.86. The van der Waals surface area contributed by atoms with Crippen molar-refractivity contribution >= 4 is 21.9 Å². The average Bonchev–Trinajstić information content (AvgIpc) is 2.60. The summed E-state index contributed by atoms with van der Waals surface area (Å²) >= 11 is 0. The first kappa shape index (κ1) is 19.4. The van der Waals surface area contributed by atoms with Crippen molar-refractivity contribution < 1.29 is 23.1 Å². The molecule has 1 aromatic carbocycles. The molecule has 1 atom stereocenters. The molecule has 0 spiro atoms. The number of aryl methyl sites for hydroxylation is 1. The molecule has 0 bridgehead atoms. The summed E-state index contributed by atoms with van der Waals surface area (Å²) in [6.07, 6.45) is 2.91. The second-order valence-corrected chi connectivity index (χ2v) is 8.12. The molecule has 2 rings (SSSR count). The fraction of sp³-hybridized carbons (Fsp3) is 0.529. The minimum absolute atomic E-state index is 0.102. The molecule has 25 heavy (non-hydrogen) atoms. The summed E-state index contributed by atoms with van der Waals surface area (Å²) in [6, 6.07) is 3.42. The molecule has 1 aliphatic rings. The van der Waals surface area contributed by atoms with Gasteiger partial charge in [0.1, 0.15) is 6.04 Å². The molecule has 0 aromatic heterocycles. The molecule has 1 saturated heterocycles. The summed E-state index contributed by atoms with van der Waals surface area (Å²) in [5.41, 5.74) is 0.702. The van der Waals surface area contributed by atoms with Gasteiger partial charge in [-0.2, -0.15) is 4.31 Å². The predicted octanol–water partition coefficient (Wildman–Crippen LogP) is 1.76. The highest BCUT2D eigenvalue weighted by Crippen LogP contribution is 2.24. The van der Waals surface area contributed by atoms with E-state index in [0.29, 0.717) is 18.7 Å². The molecule has 0 saturated carbocycles. The number of carboxylic acids is 1. The molecule has 1 aromatic rings. The zero-order valence-electron chi connectivity index (χ0n) is 14.5. The fourth-order valence-electron chi connectivity index (χ4n) is 2.84. The highest BCUT2D eigenvalue weighted by Gasteiger charge is 2.28. The zero-order valence-corrected chi connectivity index (χ0v) is 15.3. The molecule has 0 aliphatic carbocycles. The quantitative estimate of drug-likeness (QED) is 0.796. The summed E-state index contributed by atoms with van der Waals surface area (Å²) in [4.78, 5) is 23.5. The monoisotopic (exact) mass is 368 g/mol. The van der Waals surface area contributed by atoms with Crippen LogP contribution in [0, 0.1) is 6.92 Å². The highest BCUT2D eigenvalue weighted by atomic mass is 32.2. The number of rotatable bonds is 6. The molecule has 1 heterocycles. The number of aliphatic carboxylic acids is 1. The van der Waals surface area contributed by atoms with Gasteiger partial charge in [0.15, 0.2) is 0 Å². The Bertz CT molecular complexity index is 754. The van der Waals surface area contributed by atoms with Crippen LogP contribution in [0.2, 0.25) is 0 Å². The smallest absolute Gasteiger partial charge is 0.326 e. The van der Waals surface area contributed by atoms with Gasteiger partial charge in [-0.25, -0.2) is 13.2 Å². The van der Waals surface area contributed by atoms with E-state index in [9.17, 15) is 18.0 Å². The van der Waals surface area contributed by atoms with Crippen LogP contribution in [0.4, 0.5) is 0 Å². The van der Waals surface area contributed by atoms with Crippen LogP contribution in [0.1, 0.15) is 48.5 Å². The van der Waals surface area contributed by atoms with Crippen molar-refractivity contribution in [2.75, 3.05) is 13.1 Å². The van der Waals surface area contributed by atoms with E-state index in [1.165, 1.54) is 16.4 Å². The molecule has 1 fully saturated rings. The average molecular weight is 368 g/mol. The fourth-order valence-corrected chi connectivity index (χ4v) is 4.61. The SMILES string of the molecule is CCC(NC(=O)c1ccc(C)c(S(=O)(=O)N2CCCCC2)c1)C(=O)O. The Morgan fingerprint density at radius 1 is 1.24 bits per heavy atom. The van der Waals surface area contributed by atoms with Crippen molar-refractivity contribution in [3.05, 3.63) is 29.3 Å². The lowest BCUT2D eigenvalue weighted by atomic mass is 10.1. The maximum Gasteiger partial charge on any atom is 0.326 e. The largest absolute Gasteiger partial charge is 0.480 e. The molecule has 138 valence electrons. The van der Waals surface area contributed by atoms with Gasteiger partial charge >= 0.3 is 5.97 Å². The van der Waals surface area contributed by atoms with Gasteiger partial charge in [-0.15, -0.1) is 0 Å². The first-order chi connectivity index (χ1) is 11.8. The Balaban J connectivity index is 2.30. The van der Waals surface area contributed by atoms with Crippen molar-refractivity contribution in [2.45, 2.75) is 50.5 Å². The number of sulfonamides is 1. The number of carbonyl (C=O) groups excluding carboxylic acids is 1. The molecule has 0 radical (unpaired) electrons. The topological polar surface area (TPSA) is 104 Å². The summed E-state index contributed by atoms with van der Waals surface area (Å²) in [6.45, 7) is 4.30. The van der Waals surface area contributed by atoms with Gasteiger partial charge < -0.3 is 10.4 Å². The third kappa shape index (κ3) is 4.38. The second-order valence-electron chi connectivity index (χ2n) is 6.22. The van der Waals surface area contributed by atoms with Crippen molar-refractivity contribution in [3.8, 4) is 0 Å². The number of hydrogen-bond acceptors (Lipinski definition) is 4. The van der Waals surface area contributed by atoms with Crippen LogP contribution in [-0.2, 0) is 14.8 Å². The molecule has 1 aliphatic heterocycles. The van der Waals surface area contributed by atoms with E-state index < -0.39 is 27.9 Å². The second kappa shape index (κ2) is 7.97. The number of nitrogens with zero attached hydrogens (tertiary/aromatic N) is 1. The van der Waals surface area contributed by atoms with Crippen LogP contribution in [0.15, 0.2) is 23.1 Å². The lowest BCUT2D eigenvalue weighted by Crippen LogP contribution is -2.40. The third-order valence-electron chi connectivity index (χ3n) is 4.39. The molecule has 8 heteroatoms. The molecule has 1 unspecified atom stereocenters. The van der Waals surface area contributed by atoms with Crippen LogP contribution >= 0.6 is 0 Å². The number of benzene rings is 1. The Hall–Kier alpha value is -1.93. The van der Waals surface area contributed by atoms with Crippen LogP contribution in [-0.4, -0.2) is 48.8 Å². The van der Waals surface area contributed by atoms with Crippen molar-refractivity contribution in [3.63, 3.8) is 0 Å². The minimum Gasteiger partial charge on any atom is -0.480 e. The molecule has 2 N–H and O–H groups in total. The van der Waals surface area contributed by atoms with Gasteiger partial charge in [-0.05, 0) is 43.9 Å². The summed E-state index contributed by atoms with van der Waals surface area (Å²) in [7, 11) is -3.66. The van der Waals surface area contributed by atoms with E-state index in [1.54, 1.807) is 19.9 Å². The lowest BCUT2D eigenvalue weighted by Gasteiger charge is -2.26. The number of amides is 1. The van der Waals surface area contributed by atoms with Gasteiger partial charge in [0.2, 0.25) is 10.0 Å². The van der Waals surface area contributed by atoms with Crippen molar-refractivity contribution in [1.29, 1.82) is 0 Å². The zero-order chi connectivity index (χ0) is 18.6. The van der Waals surface area contributed by atoms with E-state index in [1.807, 2.05) is 0 Å². The van der Waals surface area contributed by atoms with Gasteiger partial charge in [0.25, 0.3) is 5.91 Å². The lowest BCUT2D eigenvalue weighted by molar-refractivity contribution is -0.139. The van der Waals surface area contributed by atoms with E-state index in [0.717, 1.165) is 19.3 Å². The van der Waals surface area contributed by atoms with E-state index >= 15 is 0 Å². The number of nitrogens with one attached hydrogen (secondary N) is 1. The normalized spacial score (nSPS) is 17.0. The highest BCUT2D eigenvalue weighted by molar-refractivity contribution is 7.89.